The standard InChI is InChI=1S/C12H11N3O2/c1-16-11-10(7-13)15-12(17-11)14-8-9-5-3-2-4-6-9/h2-6H,8H2,1H3,(H,14,15). The SMILES string of the molecule is COc1oc(NCc2ccccc2)nc1C#N. The highest BCUT2D eigenvalue weighted by Gasteiger charge is 2.12. The molecule has 0 bridgehead atoms. The van der Waals surface area contributed by atoms with E-state index in [9.17, 15) is 0 Å². The molecule has 5 nitrogen and oxygen atoms in total. The van der Waals surface area contributed by atoms with Crippen LogP contribution < -0.4 is 10.1 Å². The molecule has 0 saturated heterocycles. The zero-order chi connectivity index (χ0) is 12.1. The average molecular weight is 229 g/mol. The lowest BCUT2D eigenvalue weighted by atomic mass is 10.2. The van der Waals surface area contributed by atoms with Crippen LogP contribution in [0, 0.1) is 11.3 Å². The summed E-state index contributed by atoms with van der Waals surface area (Å²) in [6.45, 7) is 0.579. The number of rotatable bonds is 4. The molecule has 86 valence electrons. The van der Waals surface area contributed by atoms with Crippen LogP contribution in [0.1, 0.15) is 11.3 Å². The summed E-state index contributed by atoms with van der Waals surface area (Å²) in [5, 5.41) is 11.7. The third-order valence-electron chi connectivity index (χ3n) is 2.17. The first-order valence-electron chi connectivity index (χ1n) is 5.06. The molecule has 1 aromatic heterocycles. The van der Waals surface area contributed by atoms with Crippen LogP contribution in [0.4, 0.5) is 6.01 Å². The molecule has 1 heterocycles. The first-order chi connectivity index (χ1) is 8.33. The van der Waals surface area contributed by atoms with Crippen molar-refractivity contribution in [3.8, 4) is 12.0 Å². The van der Waals surface area contributed by atoms with Crippen molar-refractivity contribution in [2.24, 2.45) is 0 Å². The minimum absolute atomic E-state index is 0.128. The van der Waals surface area contributed by atoms with Crippen molar-refractivity contribution < 1.29 is 9.15 Å². The zero-order valence-electron chi connectivity index (χ0n) is 9.30. The van der Waals surface area contributed by atoms with Gasteiger partial charge in [0.25, 0.3) is 6.01 Å². The minimum Gasteiger partial charge on any atom is -0.466 e. The molecule has 0 aliphatic heterocycles. The van der Waals surface area contributed by atoms with Gasteiger partial charge < -0.3 is 14.5 Å². The topological polar surface area (TPSA) is 71.1 Å². The van der Waals surface area contributed by atoms with E-state index in [0.717, 1.165) is 5.56 Å². The Bertz CT molecular complexity index is 528. The Kier molecular flexibility index (Phi) is 3.26. The predicted molar refractivity (Wildman–Crippen MR) is 61.5 cm³/mol. The summed E-state index contributed by atoms with van der Waals surface area (Å²) < 4.78 is 10.1. The molecule has 0 atom stereocenters. The Morgan fingerprint density at radius 3 is 2.76 bits per heavy atom. The van der Waals surface area contributed by atoms with E-state index in [-0.39, 0.29) is 17.7 Å². The lowest BCUT2D eigenvalue weighted by molar-refractivity contribution is 0.308. The smallest absolute Gasteiger partial charge is 0.325 e. The summed E-state index contributed by atoms with van der Waals surface area (Å²) in [6, 6.07) is 12.0. The molecule has 0 amide bonds. The highest BCUT2D eigenvalue weighted by molar-refractivity contribution is 5.37. The quantitative estimate of drug-likeness (QED) is 0.869. The van der Waals surface area contributed by atoms with Crippen molar-refractivity contribution in [2.75, 3.05) is 12.4 Å². The van der Waals surface area contributed by atoms with Crippen LogP contribution in [-0.4, -0.2) is 12.1 Å². The van der Waals surface area contributed by atoms with Gasteiger partial charge in [-0.05, 0) is 5.56 Å². The van der Waals surface area contributed by atoms with Gasteiger partial charge in [-0.25, -0.2) is 0 Å². The summed E-state index contributed by atoms with van der Waals surface area (Å²) in [4.78, 5) is 3.95. The van der Waals surface area contributed by atoms with E-state index < -0.39 is 0 Å². The fraction of sp³-hybridized carbons (Fsp3) is 0.167. The van der Waals surface area contributed by atoms with Crippen molar-refractivity contribution in [1.29, 1.82) is 5.26 Å². The van der Waals surface area contributed by atoms with Crippen molar-refractivity contribution in [3.05, 3.63) is 41.6 Å². The van der Waals surface area contributed by atoms with Crippen LogP contribution in [0.15, 0.2) is 34.7 Å². The summed E-state index contributed by atoms with van der Waals surface area (Å²) in [7, 11) is 1.43. The largest absolute Gasteiger partial charge is 0.466 e. The molecule has 2 rings (SSSR count). The number of aromatic nitrogens is 1. The number of nitrogens with zero attached hydrogens (tertiary/aromatic N) is 2. The third kappa shape index (κ3) is 2.55. The molecule has 1 N–H and O–H groups in total. The molecule has 0 radical (unpaired) electrons. The molecule has 0 fully saturated rings. The molecule has 0 spiro atoms. The number of nitrogens with one attached hydrogen (secondary N) is 1. The number of methoxy groups -OCH3 is 1. The van der Waals surface area contributed by atoms with Crippen LogP contribution in [0.5, 0.6) is 5.95 Å². The van der Waals surface area contributed by atoms with E-state index in [1.165, 1.54) is 7.11 Å². The van der Waals surface area contributed by atoms with Gasteiger partial charge in [0.05, 0.1) is 7.11 Å². The minimum atomic E-state index is 0.128. The van der Waals surface area contributed by atoms with E-state index in [2.05, 4.69) is 10.3 Å². The number of hydrogen-bond donors (Lipinski definition) is 1. The number of anilines is 1. The van der Waals surface area contributed by atoms with Crippen molar-refractivity contribution in [3.63, 3.8) is 0 Å². The summed E-state index contributed by atoms with van der Waals surface area (Å²) in [5.74, 6) is 0.128. The van der Waals surface area contributed by atoms with Crippen LogP contribution >= 0.6 is 0 Å². The van der Waals surface area contributed by atoms with Crippen molar-refractivity contribution >= 4 is 6.01 Å². The van der Waals surface area contributed by atoms with Crippen molar-refractivity contribution in [2.45, 2.75) is 6.54 Å². The van der Waals surface area contributed by atoms with E-state index in [1.807, 2.05) is 36.4 Å². The molecular formula is C12H11N3O2. The fourth-order valence-corrected chi connectivity index (χ4v) is 1.36. The van der Waals surface area contributed by atoms with Gasteiger partial charge in [0.1, 0.15) is 6.07 Å². The second-order valence-electron chi connectivity index (χ2n) is 3.31. The van der Waals surface area contributed by atoms with Gasteiger partial charge in [-0.1, -0.05) is 30.3 Å². The lowest BCUT2D eigenvalue weighted by Gasteiger charge is -2.00. The van der Waals surface area contributed by atoms with Crippen LogP contribution in [0.3, 0.4) is 0 Å². The third-order valence-corrected chi connectivity index (χ3v) is 2.17. The van der Waals surface area contributed by atoms with Gasteiger partial charge in [0.15, 0.2) is 0 Å². The molecule has 2 aromatic rings. The number of ether oxygens (including phenoxy) is 1. The van der Waals surface area contributed by atoms with Gasteiger partial charge in [0, 0.05) is 6.54 Å². The van der Waals surface area contributed by atoms with E-state index in [4.69, 9.17) is 14.4 Å². The molecule has 17 heavy (non-hydrogen) atoms. The summed E-state index contributed by atoms with van der Waals surface area (Å²) in [5.41, 5.74) is 1.24. The number of hydrogen-bond acceptors (Lipinski definition) is 5. The average Bonchev–Trinajstić information content (AvgIpc) is 2.80. The maximum atomic E-state index is 8.77. The Morgan fingerprint density at radius 1 is 1.41 bits per heavy atom. The Labute approximate surface area is 98.7 Å². The zero-order valence-corrected chi connectivity index (χ0v) is 9.30. The van der Waals surface area contributed by atoms with Gasteiger partial charge in [-0.15, -0.1) is 0 Å². The van der Waals surface area contributed by atoms with E-state index in [1.54, 1.807) is 0 Å². The van der Waals surface area contributed by atoms with Gasteiger partial charge in [0.2, 0.25) is 5.69 Å². The number of benzene rings is 1. The summed E-state index contributed by atoms with van der Waals surface area (Å²) >= 11 is 0. The first-order valence-corrected chi connectivity index (χ1v) is 5.06. The Morgan fingerprint density at radius 2 is 2.18 bits per heavy atom. The maximum Gasteiger partial charge on any atom is 0.325 e. The second-order valence-corrected chi connectivity index (χ2v) is 3.31. The van der Waals surface area contributed by atoms with E-state index in [0.29, 0.717) is 6.54 Å². The Hall–Kier alpha value is -2.48. The predicted octanol–water partition coefficient (Wildman–Crippen LogP) is 2.17. The summed E-state index contributed by atoms with van der Waals surface area (Å²) in [6.07, 6.45) is 0. The van der Waals surface area contributed by atoms with Crippen LogP contribution in [0.25, 0.3) is 0 Å². The molecule has 1 aromatic carbocycles. The van der Waals surface area contributed by atoms with Crippen LogP contribution in [-0.2, 0) is 6.54 Å². The number of nitriles is 1. The molecule has 0 aliphatic carbocycles. The fourth-order valence-electron chi connectivity index (χ4n) is 1.36. The molecule has 5 heteroatoms. The monoisotopic (exact) mass is 229 g/mol. The van der Waals surface area contributed by atoms with Crippen LogP contribution in [0.2, 0.25) is 0 Å². The second kappa shape index (κ2) is 5.03. The van der Waals surface area contributed by atoms with Gasteiger partial charge >= 0.3 is 5.95 Å². The molecule has 0 aliphatic rings. The van der Waals surface area contributed by atoms with Gasteiger partial charge in [-0.2, -0.15) is 10.2 Å². The maximum absolute atomic E-state index is 8.77. The Balaban J connectivity index is 2.05. The normalized spacial score (nSPS) is 9.65. The highest BCUT2D eigenvalue weighted by atomic mass is 16.6. The first kappa shape index (κ1) is 11.0. The molecular weight excluding hydrogens is 218 g/mol. The van der Waals surface area contributed by atoms with E-state index >= 15 is 0 Å². The number of oxazole rings is 1. The molecule has 0 saturated carbocycles. The highest BCUT2D eigenvalue weighted by Crippen LogP contribution is 2.22. The van der Waals surface area contributed by atoms with Gasteiger partial charge in [-0.3, -0.25) is 0 Å². The van der Waals surface area contributed by atoms with Crippen molar-refractivity contribution in [1.82, 2.24) is 4.98 Å². The molecule has 0 unspecified atom stereocenters. The lowest BCUT2D eigenvalue weighted by Crippen LogP contribution is -1.99.